The van der Waals surface area contributed by atoms with Crippen molar-refractivity contribution in [3.8, 4) is 0 Å². The van der Waals surface area contributed by atoms with Crippen LogP contribution in [0.4, 0.5) is 19.0 Å². The lowest BCUT2D eigenvalue weighted by molar-refractivity contribution is 0.0265. The zero-order valence-electron chi connectivity index (χ0n) is 17.6. The topological polar surface area (TPSA) is 80.0 Å². The number of rotatable bonds is 5. The highest BCUT2D eigenvalue weighted by molar-refractivity contribution is 7.99. The van der Waals surface area contributed by atoms with E-state index in [0.717, 1.165) is 17.6 Å². The molecule has 10 heteroatoms. The van der Waals surface area contributed by atoms with Gasteiger partial charge >= 0.3 is 0 Å². The van der Waals surface area contributed by atoms with E-state index >= 15 is 0 Å². The van der Waals surface area contributed by atoms with Gasteiger partial charge in [0, 0.05) is 18.2 Å². The van der Waals surface area contributed by atoms with Gasteiger partial charge in [-0.15, -0.1) is 0 Å². The van der Waals surface area contributed by atoms with E-state index in [1.807, 2.05) is 0 Å². The molecule has 32 heavy (non-hydrogen) atoms. The minimum absolute atomic E-state index is 0.0718. The number of benzene rings is 1. The van der Waals surface area contributed by atoms with Gasteiger partial charge in [0.15, 0.2) is 0 Å². The van der Waals surface area contributed by atoms with Crippen molar-refractivity contribution in [3.63, 3.8) is 0 Å². The minimum atomic E-state index is -2.92. The fourth-order valence-electron chi connectivity index (χ4n) is 4.05. The number of alkyl halides is 2. The molecule has 0 aliphatic carbocycles. The molecule has 1 saturated heterocycles. The molecule has 6 nitrogen and oxygen atoms in total. The smallest absolute Gasteiger partial charge is 0.266 e. The molecule has 1 aliphatic heterocycles. The molecule has 1 atom stereocenters. The Morgan fingerprint density at radius 3 is 2.59 bits per heavy atom. The second kappa shape index (κ2) is 8.74. The Labute approximate surface area is 186 Å². The maximum absolute atomic E-state index is 14.6. The van der Waals surface area contributed by atoms with Crippen molar-refractivity contribution < 1.29 is 18.3 Å². The van der Waals surface area contributed by atoms with Crippen LogP contribution in [0.5, 0.6) is 0 Å². The van der Waals surface area contributed by atoms with Gasteiger partial charge in [0.2, 0.25) is 0 Å². The van der Waals surface area contributed by atoms with Crippen molar-refractivity contribution in [2.24, 2.45) is 7.05 Å². The Morgan fingerprint density at radius 2 is 1.91 bits per heavy atom. The van der Waals surface area contributed by atoms with Gasteiger partial charge in [0.1, 0.15) is 23.6 Å². The van der Waals surface area contributed by atoms with E-state index in [2.05, 4.69) is 15.3 Å². The summed E-state index contributed by atoms with van der Waals surface area (Å²) in [7, 11) is 1.57. The summed E-state index contributed by atoms with van der Waals surface area (Å²) >= 11 is 1.72. The van der Waals surface area contributed by atoms with Crippen LogP contribution in [0.25, 0.3) is 11.0 Å². The second-order valence-electron chi connectivity index (χ2n) is 7.94. The summed E-state index contributed by atoms with van der Waals surface area (Å²) in [5.41, 5.74) is -1.55. The lowest BCUT2D eigenvalue weighted by Crippen LogP contribution is -2.38. The molecule has 170 valence electrons. The molecule has 0 bridgehead atoms. The van der Waals surface area contributed by atoms with Crippen molar-refractivity contribution in [3.05, 3.63) is 63.5 Å². The summed E-state index contributed by atoms with van der Waals surface area (Å²) < 4.78 is 42.2. The molecule has 2 aromatic heterocycles. The van der Waals surface area contributed by atoms with Crippen molar-refractivity contribution in [2.75, 3.05) is 16.8 Å². The summed E-state index contributed by atoms with van der Waals surface area (Å²) in [5.74, 6) is 0.827. The SMILES string of the molecule is C[C@@H](Nc1ncnc2c1cc(C1(O)CCSCC1)c(=O)n2C)c1cccc(C(F)F)c1F. The summed E-state index contributed by atoms with van der Waals surface area (Å²) in [5, 5.41) is 14.7. The van der Waals surface area contributed by atoms with Crippen LogP contribution in [0.15, 0.2) is 35.4 Å². The lowest BCUT2D eigenvalue weighted by atomic mass is 9.88. The summed E-state index contributed by atoms with van der Waals surface area (Å²) in [4.78, 5) is 21.4. The Balaban J connectivity index is 1.79. The van der Waals surface area contributed by atoms with E-state index in [9.17, 15) is 23.1 Å². The fraction of sp³-hybridized carbons (Fsp3) is 0.409. The van der Waals surface area contributed by atoms with Crippen LogP contribution in [-0.4, -0.2) is 31.1 Å². The van der Waals surface area contributed by atoms with Gasteiger partial charge in [0.05, 0.1) is 22.6 Å². The summed E-state index contributed by atoms with van der Waals surface area (Å²) in [6.07, 6.45) is -0.740. The third kappa shape index (κ3) is 3.97. The van der Waals surface area contributed by atoms with Gasteiger partial charge in [-0.1, -0.05) is 18.2 Å². The van der Waals surface area contributed by atoms with E-state index < -0.39 is 29.4 Å². The predicted molar refractivity (Wildman–Crippen MR) is 119 cm³/mol. The first-order valence-corrected chi connectivity index (χ1v) is 11.4. The van der Waals surface area contributed by atoms with Crippen molar-refractivity contribution in [1.29, 1.82) is 0 Å². The number of nitrogens with zero attached hydrogens (tertiary/aromatic N) is 3. The third-order valence-corrected chi connectivity index (χ3v) is 6.92. The van der Waals surface area contributed by atoms with Gasteiger partial charge < -0.3 is 10.4 Å². The third-order valence-electron chi connectivity index (χ3n) is 5.94. The van der Waals surface area contributed by atoms with E-state index in [1.165, 1.54) is 23.0 Å². The molecule has 0 saturated carbocycles. The second-order valence-corrected chi connectivity index (χ2v) is 9.17. The zero-order valence-corrected chi connectivity index (χ0v) is 18.4. The van der Waals surface area contributed by atoms with Gasteiger partial charge in [0.25, 0.3) is 12.0 Å². The molecule has 2 N–H and O–H groups in total. The van der Waals surface area contributed by atoms with Crippen molar-refractivity contribution in [1.82, 2.24) is 14.5 Å². The number of aryl methyl sites for hydroxylation is 1. The van der Waals surface area contributed by atoms with E-state index in [1.54, 1.807) is 31.8 Å². The highest BCUT2D eigenvalue weighted by atomic mass is 32.2. The molecular weight excluding hydrogens is 441 g/mol. The Bertz CT molecular complexity index is 1210. The standard InChI is InChI=1S/C22H23F3N4O2S/c1-12(13-4-3-5-14(17(13)23)18(24)25)28-19-15-10-16(22(31)6-8-32-9-7-22)21(30)29(2)20(15)27-11-26-19/h3-5,10-12,18,31H,6-9H2,1-2H3,(H,26,27,28)/t12-/m1/s1. The number of aromatic nitrogens is 3. The van der Waals surface area contributed by atoms with Crippen LogP contribution in [0, 0.1) is 5.82 Å². The van der Waals surface area contributed by atoms with E-state index in [0.29, 0.717) is 29.7 Å². The van der Waals surface area contributed by atoms with Gasteiger partial charge in [-0.2, -0.15) is 11.8 Å². The molecular formula is C22H23F3N4O2S. The van der Waals surface area contributed by atoms with Crippen LogP contribution in [-0.2, 0) is 12.6 Å². The number of pyridine rings is 1. The van der Waals surface area contributed by atoms with E-state index in [-0.39, 0.29) is 16.7 Å². The number of aliphatic hydroxyl groups is 1. The number of nitrogens with one attached hydrogen (secondary N) is 1. The predicted octanol–water partition coefficient (Wildman–Crippen LogP) is 4.29. The number of halogens is 3. The molecule has 0 radical (unpaired) electrons. The summed E-state index contributed by atoms with van der Waals surface area (Å²) in [6, 6.07) is 4.78. The molecule has 1 fully saturated rings. The van der Waals surface area contributed by atoms with Crippen LogP contribution < -0.4 is 10.9 Å². The number of thioether (sulfide) groups is 1. The van der Waals surface area contributed by atoms with Crippen LogP contribution in [0.2, 0.25) is 0 Å². The van der Waals surface area contributed by atoms with Crippen molar-refractivity contribution in [2.45, 2.75) is 37.8 Å². The average Bonchev–Trinajstić information content (AvgIpc) is 2.76. The molecule has 4 rings (SSSR count). The highest BCUT2D eigenvalue weighted by Gasteiger charge is 2.35. The van der Waals surface area contributed by atoms with E-state index in [4.69, 9.17) is 0 Å². The van der Waals surface area contributed by atoms with Crippen molar-refractivity contribution >= 4 is 28.6 Å². The number of anilines is 1. The first-order valence-electron chi connectivity index (χ1n) is 10.2. The molecule has 3 heterocycles. The normalized spacial score (nSPS) is 17.0. The quantitative estimate of drug-likeness (QED) is 0.586. The molecule has 0 spiro atoms. The Kier molecular flexibility index (Phi) is 6.17. The van der Waals surface area contributed by atoms with Crippen LogP contribution >= 0.6 is 11.8 Å². The molecule has 3 aromatic rings. The molecule has 0 unspecified atom stereocenters. The zero-order chi connectivity index (χ0) is 23.0. The first kappa shape index (κ1) is 22.6. The maximum Gasteiger partial charge on any atom is 0.266 e. The number of fused-ring (bicyclic) bond motifs is 1. The van der Waals surface area contributed by atoms with Gasteiger partial charge in [-0.25, -0.2) is 23.1 Å². The van der Waals surface area contributed by atoms with Crippen LogP contribution in [0.1, 0.15) is 48.9 Å². The lowest BCUT2D eigenvalue weighted by Gasteiger charge is -2.32. The highest BCUT2D eigenvalue weighted by Crippen LogP contribution is 2.36. The van der Waals surface area contributed by atoms with Crippen LogP contribution in [0.3, 0.4) is 0 Å². The monoisotopic (exact) mass is 464 g/mol. The fourth-order valence-corrected chi connectivity index (χ4v) is 5.22. The molecule has 1 aliphatic rings. The minimum Gasteiger partial charge on any atom is -0.385 e. The van der Waals surface area contributed by atoms with Gasteiger partial charge in [-0.3, -0.25) is 9.36 Å². The number of hydrogen-bond acceptors (Lipinski definition) is 6. The molecule has 1 aromatic carbocycles. The molecule has 0 amide bonds. The maximum atomic E-state index is 14.6. The summed E-state index contributed by atoms with van der Waals surface area (Å²) in [6.45, 7) is 1.64. The average molecular weight is 465 g/mol. The first-order chi connectivity index (χ1) is 15.2. The van der Waals surface area contributed by atoms with Gasteiger partial charge in [-0.05, 0) is 37.3 Å². The largest absolute Gasteiger partial charge is 0.385 e. The number of hydrogen-bond donors (Lipinski definition) is 2. The Morgan fingerprint density at radius 1 is 1.22 bits per heavy atom. The Hall–Kier alpha value is -2.59.